The molecule has 144 heavy (non-hydrogen) atoms. The normalized spacial score (nSPS) is 10.8. The van der Waals surface area contributed by atoms with Gasteiger partial charge in [-0.3, -0.25) is 38.4 Å². The number of hydrogen-bond acceptors (Lipinski definition) is 29. The molecule has 45 heteroatoms. The summed E-state index contributed by atoms with van der Waals surface area (Å²) in [7, 11) is -0.699. The van der Waals surface area contributed by atoms with Crippen molar-refractivity contribution in [3.8, 4) is 28.7 Å². The van der Waals surface area contributed by atoms with Crippen molar-refractivity contribution in [2.45, 2.75) is 95.5 Å². The molecule has 0 saturated carbocycles. The predicted molar refractivity (Wildman–Crippen MR) is 550 cm³/mol. The Balaban J connectivity index is -0.00000158. The minimum absolute atomic E-state index is 0. The number of esters is 3. The van der Waals surface area contributed by atoms with Crippen molar-refractivity contribution >= 4 is 193 Å². The molecule has 30 nitrogen and oxygen atoms in total. The van der Waals surface area contributed by atoms with Crippen molar-refractivity contribution in [3.05, 3.63) is 301 Å². The van der Waals surface area contributed by atoms with Crippen LogP contribution in [0.3, 0.4) is 0 Å². The summed E-state index contributed by atoms with van der Waals surface area (Å²) in [6.07, 6.45) is 13.0. The molecule has 0 bridgehead atoms. The van der Waals surface area contributed by atoms with Gasteiger partial charge in [0.15, 0.2) is 13.5 Å². The third-order valence-corrected chi connectivity index (χ3v) is 25.3. The zero-order valence-corrected chi connectivity index (χ0v) is 95.2. The van der Waals surface area contributed by atoms with Gasteiger partial charge in [-0.2, -0.15) is 0 Å². The molecule has 1 aromatic heterocycles. The number of amides is 2. The second-order valence-electron chi connectivity index (χ2n) is 29.0. The van der Waals surface area contributed by atoms with Gasteiger partial charge in [0, 0.05) is 120 Å². The van der Waals surface area contributed by atoms with E-state index in [0.29, 0.717) is 119 Å². The SMILES string of the molecule is C1CCOC1.CC(C)(C)OC(=O)N(c1cscn1)S(=O)(=O)c1cc(Cl)c(F)cc1F.COC(=O)CCN.COC(=O)CCNC/C=C/c1cc(Cl)ccc1O.COC(=O)CCNCCCc1cc(Cl)ccc1O.NC(=O)CCNCCCc1cc(Cl)ccc1O.O=C/C=C/c1cc(Cl)ccc1O.O=CC=P(c1ccccc1)(c1ccccc1)c1ccccc1.O=Cc1cc(Cl)ccc1O.[2H]C(=O)OO[CH-]F.[CH3-].[K+].[K+].[Pd]. The van der Waals surface area contributed by atoms with E-state index in [1.54, 1.807) is 72.8 Å². The molecule has 0 atom stereocenters. The Labute approximate surface area is 971 Å². The zero-order valence-electron chi connectivity index (χ0n) is 81.4. The molecule has 2 amide bonds. The summed E-state index contributed by atoms with van der Waals surface area (Å²) in [5, 5.41) is 63.2. The van der Waals surface area contributed by atoms with Crippen molar-refractivity contribution in [2.24, 2.45) is 11.5 Å². The van der Waals surface area contributed by atoms with E-state index >= 15 is 0 Å². The first-order valence-electron chi connectivity index (χ1n) is 42.7. The maximum Gasteiger partial charge on any atom is 1.00 e. The molecule has 12 N–H and O–H groups in total. The molecule has 1 fully saturated rings. The van der Waals surface area contributed by atoms with Crippen molar-refractivity contribution in [3.63, 3.8) is 0 Å². The Morgan fingerprint density at radius 3 is 1.35 bits per heavy atom. The van der Waals surface area contributed by atoms with Crippen LogP contribution in [0.15, 0.2) is 222 Å². The number of halogens is 9. The van der Waals surface area contributed by atoms with E-state index in [1.165, 1.54) is 118 Å². The molecule has 1 aliphatic heterocycles. The monoisotopic (exact) mass is 2320 g/mol. The topological polar surface area (TPSA) is 458 Å². The van der Waals surface area contributed by atoms with Gasteiger partial charge in [-0.25, -0.2) is 27.0 Å². The second-order valence-corrected chi connectivity index (χ2v) is 37.4. The van der Waals surface area contributed by atoms with Gasteiger partial charge in [0.1, 0.15) is 63.5 Å². The average Bonchev–Trinajstić information content (AvgIpc) is 1.45. The summed E-state index contributed by atoms with van der Waals surface area (Å²) < 4.78 is 93.1. The number of aldehydes is 3. The van der Waals surface area contributed by atoms with Crippen LogP contribution < -0.4 is 150 Å². The molecule has 10 aromatic rings. The third-order valence-electron chi connectivity index (χ3n) is 17.7. The largest absolute Gasteiger partial charge is 1.00 e. The van der Waals surface area contributed by atoms with E-state index in [1.807, 2.05) is 66.5 Å². The van der Waals surface area contributed by atoms with Crippen LogP contribution in [0.2, 0.25) is 30.1 Å². The van der Waals surface area contributed by atoms with Gasteiger partial charge in [-0.15, -0.1) is 15.6 Å². The number of nitrogens with one attached hydrogen (secondary N) is 3. The number of anilines is 1. The Bertz CT molecular complexity index is 5630. The summed E-state index contributed by atoms with van der Waals surface area (Å²) >= 11 is 35.3. The summed E-state index contributed by atoms with van der Waals surface area (Å²) in [5.74, 6) is -1.16. The number of aryl methyl sites for hydroxylation is 2. The molecule has 0 unspecified atom stereocenters. The summed E-state index contributed by atoms with van der Waals surface area (Å²) in [4.78, 5) is 105. The van der Waals surface area contributed by atoms with Crippen LogP contribution in [0.4, 0.5) is 23.8 Å². The fourth-order valence-corrected chi connectivity index (χ4v) is 17.7. The van der Waals surface area contributed by atoms with Gasteiger partial charge >= 0.3 is 133 Å². The number of phenolic OH excluding ortho intramolecular Hbond substituents is 5. The van der Waals surface area contributed by atoms with Crippen LogP contribution >= 0.6 is 87.8 Å². The van der Waals surface area contributed by atoms with Gasteiger partial charge in [-0.05, 0) is 228 Å². The van der Waals surface area contributed by atoms with Gasteiger partial charge < -0.3 is 98.2 Å². The molecule has 0 radical (unpaired) electrons. The number of hydrogen-bond donors (Lipinski definition) is 10. The molecule has 776 valence electrons. The number of rotatable bonds is 34. The number of benzene rings is 9. The number of nitrogens with two attached hydrogens (primary N) is 2. The molecule has 9 aromatic carbocycles. The number of aromatic nitrogens is 1. The van der Waals surface area contributed by atoms with Gasteiger partial charge in [0.05, 0.1) is 56.7 Å². The molecule has 2 heterocycles. The number of methoxy groups -OCH3 is 3. The average molecular weight is 2320 g/mol. The third kappa shape index (κ3) is 58.8. The van der Waals surface area contributed by atoms with Crippen LogP contribution in [-0.4, -0.2) is 186 Å². The maximum absolute atomic E-state index is 14.1. The predicted octanol–water partition coefficient (Wildman–Crippen LogP) is 12.0. The zero-order chi connectivity index (χ0) is 105. The van der Waals surface area contributed by atoms with Gasteiger partial charge in [-0.1, -0.05) is 173 Å². The first-order valence-corrected chi connectivity index (χ1v) is 48.7. The molecule has 0 spiro atoms. The molecular weight excluding hydrogens is 2200 g/mol. The first-order chi connectivity index (χ1) is 67.2. The van der Waals surface area contributed by atoms with Crippen molar-refractivity contribution < 1.29 is 248 Å². The number of ether oxygens (including phenoxy) is 5. The van der Waals surface area contributed by atoms with Crippen LogP contribution in [0.5, 0.6) is 28.7 Å². The summed E-state index contributed by atoms with van der Waals surface area (Å²) in [5.41, 5.74) is 13.4. The van der Waals surface area contributed by atoms with E-state index in [4.69, 9.17) is 97.0 Å². The molecule has 1 aliphatic rings. The van der Waals surface area contributed by atoms with Gasteiger partial charge in [0.25, 0.3) is 10.0 Å². The fourth-order valence-electron chi connectivity index (χ4n) is 11.1. The molecule has 1 saturated heterocycles. The van der Waals surface area contributed by atoms with Gasteiger partial charge in [0.2, 0.25) is 5.91 Å². The Hall–Kier alpha value is -7.80. The van der Waals surface area contributed by atoms with E-state index in [-0.39, 0.29) is 206 Å². The van der Waals surface area contributed by atoms with E-state index < -0.39 is 56.6 Å². The number of aromatic hydroxyl groups is 5. The summed E-state index contributed by atoms with van der Waals surface area (Å²) in [6, 6.07) is 55.7. The van der Waals surface area contributed by atoms with Crippen LogP contribution in [0.1, 0.15) is 106 Å². The number of primary amides is 1. The number of carbonyl (C=O) groups is 9. The standard InChI is InChI=1S/C20H17OP.C14H13ClF2N2O4S2.C13H18ClNO3.C13H16ClNO3.C12H17ClN2O2.C9H7ClO2.C7H5ClO2.C4H9NO2.C4H8O.C2H2FO3.CH3.2K.Pd/c21-16-17-22(18-10-4-1-5-11-18,19-12-6-2-7-13-19)20-14-8-3-9-15-20;1-14(2,3)23-13(20)19(12-6-24-7-18-12)25(21,22)11-4-8(15)9(16)5-10(11)17;2*1-18-13(17)6-8-15-7-2-3-10-9-11(14)4-5-12(10)16;13-10-3-4-11(16)9(8-10)2-1-6-15-7-5-12(14)17;10-8-3-4-9(12)7(6-8)2-1-5-11;8-6-1-2-7(10)5(3-6)4-9;1-7-4(6)2-3-5;1-2-4-5-3-1;3-1-5-6-2-4;;;;/h1-17H;4-7H,1-3H3;4-5,9,15-16H,2-3,6-8H2,1H3;2-5,9,15-16H,6-8H2,1H3;3-4,8,15-16H,1-2,5-7H2,(H2,14,17);1-6,12H;1-4,10H;2-3,5H2,1H3;1-4H2;1-2H;1H3;;;/q;;;;;;;;;2*-1;2*+1;/b;;;3-2+;;2-1+;;;;;;;;/i;;;;;;;;;2D;;;;. The van der Waals surface area contributed by atoms with Crippen molar-refractivity contribution in [1.29, 1.82) is 0 Å². The van der Waals surface area contributed by atoms with E-state index in [2.05, 4.69) is 81.3 Å². The Morgan fingerprint density at radius 1 is 0.576 bits per heavy atom. The number of thiazole rings is 1. The molecule has 0 aliphatic carbocycles. The quantitative estimate of drug-likeness (QED) is 0.00153. The minimum atomic E-state index is -4.79. The molecular formula is C99H115Cl6F3K2N7O23PPdS2. The fraction of sp³-hybridized carbons (Fsp3) is 0.263. The number of phenols is 5. The van der Waals surface area contributed by atoms with Crippen molar-refractivity contribution in [1.82, 2.24) is 20.9 Å². The van der Waals surface area contributed by atoms with Crippen LogP contribution in [0.25, 0.3) is 12.2 Å². The van der Waals surface area contributed by atoms with Crippen LogP contribution in [0, 0.1) is 25.9 Å². The maximum atomic E-state index is 14.1. The van der Waals surface area contributed by atoms with E-state index in [0.717, 1.165) is 80.7 Å². The number of nitrogens with zero attached hydrogens (tertiary/aromatic N) is 2. The van der Waals surface area contributed by atoms with Crippen molar-refractivity contribution in [2.75, 3.05) is 84.7 Å². The second kappa shape index (κ2) is 82.1. The van der Waals surface area contributed by atoms with Crippen LogP contribution in [-0.2, 0) is 110 Å². The minimum Gasteiger partial charge on any atom is -0.508 e. The van der Waals surface area contributed by atoms with E-state index in [9.17, 15) is 85.2 Å². The number of allylic oxidation sites excluding steroid dienone is 1. The summed E-state index contributed by atoms with van der Waals surface area (Å²) in [6.45, 7) is 8.49. The first kappa shape index (κ1) is 138. The number of sulfonamides is 1. The Kier molecular flexibility index (Phi) is 78.8. The Morgan fingerprint density at radius 2 is 0.993 bits per heavy atom. The molecule has 11 rings (SSSR count). The number of carbonyl (C=O) groups excluding carboxylic acids is 9. The smallest absolute Gasteiger partial charge is 0.508 e.